The summed E-state index contributed by atoms with van der Waals surface area (Å²) in [5.74, 6) is 0. The second kappa shape index (κ2) is 12.9. The minimum absolute atomic E-state index is 0.0422. The van der Waals surface area contributed by atoms with E-state index in [0.717, 1.165) is 10.4 Å². The SMILES string of the molecule is Cc1cn([C@H]2C[C@H](O[Si](c3ccccc3)(c3ccccc3)C(C)(C)C)[C@@H]([C@H](CCCO)O[Si](C)(C)C)O2)c(=O)[nH]c1=O. The van der Waals surface area contributed by atoms with Crippen LogP contribution in [0.2, 0.25) is 24.7 Å². The van der Waals surface area contributed by atoms with E-state index in [0.29, 0.717) is 24.8 Å². The molecule has 0 amide bonds. The van der Waals surface area contributed by atoms with Crippen LogP contribution in [-0.2, 0) is 13.6 Å². The highest BCUT2D eigenvalue weighted by atomic mass is 28.4. The van der Waals surface area contributed by atoms with Crippen molar-refractivity contribution in [2.75, 3.05) is 6.61 Å². The molecule has 228 valence electrons. The minimum Gasteiger partial charge on any atom is -0.412 e. The Kier molecular flexibility index (Phi) is 9.96. The van der Waals surface area contributed by atoms with Gasteiger partial charge < -0.3 is 18.7 Å². The topological polar surface area (TPSA) is 103 Å². The number of nitrogens with one attached hydrogen (secondary N) is 1. The maximum absolute atomic E-state index is 13.0. The van der Waals surface area contributed by atoms with Gasteiger partial charge in [-0.15, -0.1) is 0 Å². The zero-order valence-electron chi connectivity index (χ0n) is 25.9. The molecule has 0 radical (unpaired) electrons. The summed E-state index contributed by atoms with van der Waals surface area (Å²) in [6, 6.07) is 20.9. The van der Waals surface area contributed by atoms with Crippen LogP contribution in [0.25, 0.3) is 0 Å². The maximum Gasteiger partial charge on any atom is 0.330 e. The van der Waals surface area contributed by atoms with Gasteiger partial charge in [0.05, 0.1) is 12.2 Å². The smallest absolute Gasteiger partial charge is 0.330 e. The molecular formula is C32H46N2O6Si2. The molecule has 10 heteroatoms. The van der Waals surface area contributed by atoms with Crippen molar-refractivity contribution in [2.45, 2.75) is 96.2 Å². The third-order valence-corrected chi connectivity index (χ3v) is 13.9. The molecule has 1 fully saturated rings. The first-order valence-corrected chi connectivity index (χ1v) is 20.1. The van der Waals surface area contributed by atoms with E-state index in [1.165, 1.54) is 4.57 Å². The average Bonchev–Trinajstić information content (AvgIpc) is 3.34. The Morgan fingerprint density at radius 1 is 1.02 bits per heavy atom. The Morgan fingerprint density at radius 2 is 1.60 bits per heavy atom. The van der Waals surface area contributed by atoms with Crippen molar-refractivity contribution in [1.82, 2.24) is 9.55 Å². The molecule has 1 saturated heterocycles. The van der Waals surface area contributed by atoms with Gasteiger partial charge in [-0.2, -0.15) is 0 Å². The van der Waals surface area contributed by atoms with E-state index in [2.05, 4.69) is 93.9 Å². The number of nitrogens with zero attached hydrogens (tertiary/aromatic N) is 1. The maximum atomic E-state index is 13.0. The van der Waals surface area contributed by atoms with E-state index < -0.39 is 46.3 Å². The molecular weight excluding hydrogens is 565 g/mol. The van der Waals surface area contributed by atoms with Crippen molar-refractivity contribution in [3.63, 3.8) is 0 Å². The third kappa shape index (κ3) is 6.95. The molecule has 4 rings (SSSR count). The summed E-state index contributed by atoms with van der Waals surface area (Å²) in [6.45, 7) is 14.8. The molecule has 4 atom stereocenters. The molecule has 8 nitrogen and oxygen atoms in total. The fourth-order valence-corrected chi connectivity index (χ4v) is 11.9. The number of rotatable bonds is 11. The fourth-order valence-electron chi connectivity index (χ4n) is 6.03. The quantitative estimate of drug-likeness (QED) is 0.318. The molecule has 1 aromatic heterocycles. The molecule has 2 aromatic carbocycles. The molecule has 1 aliphatic heterocycles. The van der Waals surface area contributed by atoms with Crippen molar-refractivity contribution >= 4 is 27.0 Å². The summed E-state index contributed by atoms with van der Waals surface area (Å²) in [6.07, 6.45) is 1.23. The van der Waals surface area contributed by atoms with E-state index in [1.54, 1.807) is 13.1 Å². The minimum atomic E-state index is -2.97. The predicted octanol–water partition coefficient (Wildman–Crippen LogP) is 4.07. The van der Waals surface area contributed by atoms with Gasteiger partial charge in [0.25, 0.3) is 13.9 Å². The number of aromatic amines is 1. The molecule has 0 saturated carbocycles. The van der Waals surface area contributed by atoms with Gasteiger partial charge in [0.15, 0.2) is 8.32 Å². The van der Waals surface area contributed by atoms with E-state index in [-0.39, 0.29) is 17.7 Å². The van der Waals surface area contributed by atoms with Crippen LogP contribution < -0.4 is 21.6 Å². The number of aliphatic hydroxyl groups is 1. The number of H-pyrrole nitrogens is 1. The molecule has 0 unspecified atom stereocenters. The van der Waals surface area contributed by atoms with E-state index in [1.807, 2.05) is 12.1 Å². The summed E-state index contributed by atoms with van der Waals surface area (Å²) >= 11 is 0. The van der Waals surface area contributed by atoms with Gasteiger partial charge in [-0.3, -0.25) is 14.3 Å². The molecule has 0 aliphatic carbocycles. The summed E-state index contributed by atoms with van der Waals surface area (Å²) in [5, 5.41) is 11.8. The van der Waals surface area contributed by atoms with Crippen LogP contribution in [-0.4, -0.2) is 56.2 Å². The molecule has 42 heavy (non-hydrogen) atoms. The first-order chi connectivity index (χ1) is 19.8. The van der Waals surface area contributed by atoms with E-state index in [4.69, 9.17) is 13.6 Å². The fraction of sp³-hybridized carbons (Fsp3) is 0.500. The summed E-state index contributed by atoms with van der Waals surface area (Å²) in [7, 11) is -5.02. The van der Waals surface area contributed by atoms with Crippen molar-refractivity contribution < 1.29 is 18.7 Å². The number of aliphatic hydroxyl groups excluding tert-OH is 1. The molecule has 2 N–H and O–H groups in total. The normalized spacial score (nSPS) is 20.5. The summed E-state index contributed by atoms with van der Waals surface area (Å²) in [4.78, 5) is 27.6. The number of hydrogen-bond acceptors (Lipinski definition) is 6. The summed E-state index contributed by atoms with van der Waals surface area (Å²) in [5.41, 5.74) is -0.492. The van der Waals surface area contributed by atoms with Crippen molar-refractivity contribution in [2.24, 2.45) is 0 Å². The highest BCUT2D eigenvalue weighted by Gasteiger charge is 2.55. The van der Waals surface area contributed by atoms with Gasteiger partial charge in [0.2, 0.25) is 0 Å². The lowest BCUT2D eigenvalue weighted by Gasteiger charge is -2.46. The van der Waals surface area contributed by atoms with Crippen molar-refractivity contribution in [3.8, 4) is 0 Å². The van der Waals surface area contributed by atoms with Gasteiger partial charge in [-0.1, -0.05) is 81.4 Å². The zero-order chi connectivity index (χ0) is 30.7. The van der Waals surface area contributed by atoms with Gasteiger partial charge in [0.1, 0.15) is 12.3 Å². The molecule has 3 aromatic rings. The number of hydrogen-bond donors (Lipinski definition) is 2. The van der Waals surface area contributed by atoms with Crippen LogP contribution in [0, 0.1) is 6.92 Å². The van der Waals surface area contributed by atoms with Crippen LogP contribution in [0.1, 0.15) is 51.8 Å². The number of ether oxygens (including phenoxy) is 1. The average molecular weight is 611 g/mol. The van der Waals surface area contributed by atoms with E-state index >= 15 is 0 Å². The number of aryl methyl sites for hydroxylation is 1. The highest BCUT2D eigenvalue weighted by molar-refractivity contribution is 6.99. The Labute approximate surface area is 250 Å². The largest absolute Gasteiger partial charge is 0.412 e. The van der Waals surface area contributed by atoms with Crippen molar-refractivity contribution in [3.05, 3.63) is 93.3 Å². The third-order valence-electron chi connectivity index (χ3n) is 7.83. The van der Waals surface area contributed by atoms with Gasteiger partial charge in [-0.25, -0.2) is 4.79 Å². The molecule has 2 heterocycles. The Hall–Kier alpha value is -2.61. The lowest BCUT2D eigenvalue weighted by Crippen LogP contribution is -2.68. The summed E-state index contributed by atoms with van der Waals surface area (Å²) < 4.78 is 22.5. The Morgan fingerprint density at radius 3 is 2.10 bits per heavy atom. The Balaban J connectivity index is 1.88. The predicted molar refractivity (Wildman–Crippen MR) is 172 cm³/mol. The van der Waals surface area contributed by atoms with Crippen LogP contribution >= 0.6 is 0 Å². The number of aromatic nitrogens is 2. The second-order valence-electron chi connectivity index (χ2n) is 13.2. The van der Waals surface area contributed by atoms with Crippen LogP contribution in [0.4, 0.5) is 0 Å². The lowest BCUT2D eigenvalue weighted by atomic mass is 10.0. The second-order valence-corrected chi connectivity index (χ2v) is 21.9. The first kappa shape index (κ1) is 32.3. The monoisotopic (exact) mass is 610 g/mol. The lowest BCUT2D eigenvalue weighted by molar-refractivity contribution is -0.0778. The number of benzene rings is 2. The first-order valence-electron chi connectivity index (χ1n) is 14.8. The standard InChI is InChI=1S/C32H46N2O6Si2/c1-23-22-34(31(37)33-30(23)36)28-21-27(29(38-28)26(19-14-20-35)39-41(5,6)7)40-42(32(2,3)4,24-15-10-8-11-16-24)25-17-12-9-13-18-25/h8-13,15-18,22,26-29,35H,14,19-21H2,1-7H3,(H,33,36,37)/t26-,27-,28+,29+/m0/s1. The van der Waals surface area contributed by atoms with E-state index in [9.17, 15) is 14.7 Å². The van der Waals surface area contributed by atoms with Crippen LogP contribution in [0.15, 0.2) is 76.4 Å². The Bertz CT molecular complexity index is 1390. The highest BCUT2D eigenvalue weighted by Crippen LogP contribution is 2.42. The van der Waals surface area contributed by atoms with Gasteiger partial charge in [0, 0.05) is 24.8 Å². The van der Waals surface area contributed by atoms with Crippen LogP contribution in [0.5, 0.6) is 0 Å². The molecule has 0 spiro atoms. The zero-order valence-corrected chi connectivity index (χ0v) is 27.9. The van der Waals surface area contributed by atoms with Gasteiger partial charge >= 0.3 is 5.69 Å². The van der Waals surface area contributed by atoms with Crippen LogP contribution in [0.3, 0.4) is 0 Å². The molecule has 1 aliphatic rings. The molecule has 0 bridgehead atoms. The van der Waals surface area contributed by atoms with Gasteiger partial charge in [-0.05, 0) is 54.8 Å². The van der Waals surface area contributed by atoms with Crippen molar-refractivity contribution in [1.29, 1.82) is 0 Å².